The maximum Gasteiger partial charge on any atom is 0.227 e. The molecule has 0 radical (unpaired) electrons. The van der Waals surface area contributed by atoms with E-state index in [4.69, 9.17) is 14.2 Å². The molecule has 10 nitrogen and oxygen atoms in total. The molecule has 0 bridgehead atoms. The van der Waals surface area contributed by atoms with Crippen molar-refractivity contribution in [3.63, 3.8) is 0 Å². The zero-order valence-electron chi connectivity index (χ0n) is 21.6. The van der Waals surface area contributed by atoms with Gasteiger partial charge in [0.15, 0.2) is 28.9 Å². The van der Waals surface area contributed by atoms with Crippen molar-refractivity contribution in [3.05, 3.63) is 48.1 Å². The van der Waals surface area contributed by atoms with Crippen LogP contribution in [-0.4, -0.2) is 82.5 Å². The first-order valence-corrected chi connectivity index (χ1v) is 12.2. The lowest BCUT2D eigenvalue weighted by Gasteiger charge is -2.36. The molecule has 37 heavy (non-hydrogen) atoms. The van der Waals surface area contributed by atoms with Crippen LogP contribution in [0.5, 0.6) is 17.2 Å². The van der Waals surface area contributed by atoms with E-state index in [1.54, 1.807) is 6.20 Å². The normalized spacial score (nSPS) is 14.7. The van der Waals surface area contributed by atoms with E-state index in [0.29, 0.717) is 12.0 Å². The van der Waals surface area contributed by atoms with Gasteiger partial charge in [-0.1, -0.05) is 0 Å². The number of hydrogen-bond acceptors (Lipinski definition) is 9. The average Bonchev–Trinajstić information content (AvgIpc) is 3.36. The Labute approximate surface area is 215 Å². The van der Waals surface area contributed by atoms with E-state index in [2.05, 4.69) is 44.0 Å². The van der Waals surface area contributed by atoms with E-state index in [1.165, 1.54) is 26.6 Å². The largest absolute Gasteiger partial charge is 0.494 e. The Morgan fingerprint density at radius 3 is 2.19 bits per heavy atom. The summed E-state index contributed by atoms with van der Waals surface area (Å²) in [6.07, 6.45) is 6.46. The fourth-order valence-corrected chi connectivity index (χ4v) is 4.10. The molecule has 200 valence electrons. The maximum atomic E-state index is 14.5. The number of nitrogens with zero attached hydrogens (tertiary/aromatic N) is 6. The molecule has 0 atom stereocenters. The Balaban J connectivity index is 1.28. The summed E-state index contributed by atoms with van der Waals surface area (Å²) in [6.45, 7) is 10.1. The molecule has 2 aromatic heterocycles. The minimum absolute atomic E-state index is 0.137. The van der Waals surface area contributed by atoms with Crippen LogP contribution in [-0.2, 0) is 13.2 Å². The number of benzene rings is 1. The molecule has 0 spiro atoms. The zero-order chi connectivity index (χ0) is 26.4. The molecule has 1 saturated heterocycles. The van der Waals surface area contributed by atoms with E-state index in [1.807, 2.05) is 10.9 Å². The third-order valence-electron chi connectivity index (χ3n) is 6.35. The molecule has 1 fully saturated rings. The second-order valence-electron chi connectivity index (χ2n) is 9.01. The van der Waals surface area contributed by atoms with E-state index in [0.717, 1.165) is 51.0 Å². The van der Waals surface area contributed by atoms with Gasteiger partial charge in [0.1, 0.15) is 6.61 Å². The van der Waals surface area contributed by atoms with Crippen LogP contribution in [0.2, 0.25) is 0 Å². The standard InChI is InChI=1S/C25H33F2N7O3/c1-17(2)33-8-5-32(6-9-33)7-10-34-15-18(12-30-34)31-25-28-13-19(14-29-25)37-16-20-23(26)21(35-3)11-22(36-4)24(20)27/h11-15,17H,5-10,16H2,1-4H3,(H,28,29,31). The van der Waals surface area contributed by atoms with Crippen LogP contribution >= 0.6 is 0 Å². The number of nitrogens with one attached hydrogen (secondary N) is 1. The van der Waals surface area contributed by atoms with Crippen LogP contribution in [0.4, 0.5) is 20.4 Å². The Hall–Kier alpha value is -3.51. The fourth-order valence-electron chi connectivity index (χ4n) is 4.10. The Bertz CT molecular complexity index is 1140. The predicted molar refractivity (Wildman–Crippen MR) is 134 cm³/mol. The first-order valence-electron chi connectivity index (χ1n) is 12.2. The van der Waals surface area contributed by atoms with E-state index >= 15 is 0 Å². The highest BCUT2D eigenvalue weighted by Crippen LogP contribution is 2.32. The number of piperazine rings is 1. The molecule has 0 saturated carbocycles. The Morgan fingerprint density at radius 1 is 0.946 bits per heavy atom. The number of ether oxygens (including phenoxy) is 3. The number of anilines is 2. The third kappa shape index (κ3) is 6.63. The van der Waals surface area contributed by atoms with Crippen molar-refractivity contribution in [2.24, 2.45) is 0 Å². The highest BCUT2D eigenvalue weighted by atomic mass is 19.1. The number of aromatic nitrogens is 4. The smallest absolute Gasteiger partial charge is 0.227 e. The van der Waals surface area contributed by atoms with E-state index in [9.17, 15) is 8.78 Å². The highest BCUT2D eigenvalue weighted by molar-refractivity contribution is 5.50. The molecular formula is C25H33F2N7O3. The monoisotopic (exact) mass is 517 g/mol. The number of halogens is 2. The molecule has 3 heterocycles. The molecule has 0 unspecified atom stereocenters. The topological polar surface area (TPSA) is 89.8 Å². The molecule has 1 aliphatic heterocycles. The van der Waals surface area contributed by atoms with Crippen LogP contribution in [0.25, 0.3) is 0 Å². The summed E-state index contributed by atoms with van der Waals surface area (Å²) >= 11 is 0. The van der Waals surface area contributed by atoms with Crippen LogP contribution < -0.4 is 19.5 Å². The lowest BCUT2D eigenvalue weighted by Crippen LogP contribution is -2.49. The number of rotatable bonds is 11. The van der Waals surface area contributed by atoms with Gasteiger partial charge in [0.05, 0.1) is 50.6 Å². The van der Waals surface area contributed by atoms with Crippen molar-refractivity contribution in [2.45, 2.75) is 33.0 Å². The number of hydrogen-bond donors (Lipinski definition) is 1. The second-order valence-corrected chi connectivity index (χ2v) is 9.01. The van der Waals surface area contributed by atoms with Crippen LogP contribution in [0.1, 0.15) is 19.4 Å². The summed E-state index contributed by atoms with van der Waals surface area (Å²) < 4.78 is 46.3. The van der Waals surface area contributed by atoms with Crippen LogP contribution in [0, 0.1) is 11.6 Å². The predicted octanol–water partition coefficient (Wildman–Crippen LogP) is 3.32. The summed E-state index contributed by atoms with van der Waals surface area (Å²) in [5.41, 5.74) is 0.443. The van der Waals surface area contributed by atoms with Crippen molar-refractivity contribution < 1.29 is 23.0 Å². The highest BCUT2D eigenvalue weighted by Gasteiger charge is 2.21. The van der Waals surface area contributed by atoms with Gasteiger partial charge >= 0.3 is 0 Å². The van der Waals surface area contributed by atoms with Gasteiger partial charge in [-0.2, -0.15) is 5.10 Å². The Morgan fingerprint density at radius 2 is 1.59 bits per heavy atom. The van der Waals surface area contributed by atoms with Crippen LogP contribution in [0.3, 0.4) is 0 Å². The lowest BCUT2D eigenvalue weighted by molar-refractivity contribution is 0.105. The quantitative estimate of drug-likeness (QED) is 0.411. The molecule has 1 aliphatic rings. The summed E-state index contributed by atoms with van der Waals surface area (Å²) in [5, 5.41) is 7.51. The maximum absolute atomic E-state index is 14.5. The van der Waals surface area contributed by atoms with Crippen LogP contribution in [0.15, 0.2) is 30.9 Å². The van der Waals surface area contributed by atoms with Gasteiger partial charge in [-0.15, -0.1) is 0 Å². The summed E-state index contributed by atoms with van der Waals surface area (Å²) in [6, 6.07) is 1.74. The van der Waals surface area contributed by atoms with E-state index < -0.39 is 11.6 Å². The van der Waals surface area contributed by atoms with Crippen molar-refractivity contribution in [3.8, 4) is 17.2 Å². The minimum atomic E-state index is -0.852. The summed E-state index contributed by atoms with van der Waals surface area (Å²) in [4.78, 5) is 13.4. The van der Waals surface area contributed by atoms with E-state index in [-0.39, 0.29) is 29.4 Å². The third-order valence-corrected chi connectivity index (χ3v) is 6.35. The fraction of sp³-hybridized carbons (Fsp3) is 0.480. The van der Waals surface area contributed by atoms with Gasteiger partial charge in [0.2, 0.25) is 5.95 Å². The van der Waals surface area contributed by atoms with Gasteiger partial charge in [-0.05, 0) is 13.8 Å². The first-order chi connectivity index (χ1) is 17.9. The lowest BCUT2D eigenvalue weighted by atomic mass is 10.1. The zero-order valence-corrected chi connectivity index (χ0v) is 21.6. The molecule has 1 N–H and O–H groups in total. The molecular weight excluding hydrogens is 484 g/mol. The molecule has 12 heteroatoms. The molecule has 1 aromatic carbocycles. The van der Waals surface area contributed by atoms with Crippen molar-refractivity contribution in [2.75, 3.05) is 52.3 Å². The SMILES string of the molecule is COc1cc(OC)c(F)c(COc2cnc(Nc3cnn(CCN4CCN(C(C)C)CC4)c3)nc2)c1F. The molecule has 0 amide bonds. The van der Waals surface area contributed by atoms with Gasteiger partial charge in [0, 0.05) is 51.0 Å². The second kappa shape index (κ2) is 12.2. The minimum Gasteiger partial charge on any atom is -0.494 e. The van der Waals surface area contributed by atoms with Crippen molar-refractivity contribution in [1.29, 1.82) is 0 Å². The van der Waals surface area contributed by atoms with Gasteiger partial charge < -0.3 is 19.5 Å². The molecule has 4 rings (SSSR count). The van der Waals surface area contributed by atoms with Crippen molar-refractivity contribution >= 4 is 11.6 Å². The summed E-state index contributed by atoms with van der Waals surface area (Å²) in [5.74, 6) is -1.38. The molecule has 3 aromatic rings. The van der Waals surface area contributed by atoms with Gasteiger partial charge in [-0.3, -0.25) is 14.5 Å². The first kappa shape index (κ1) is 26.6. The number of methoxy groups -OCH3 is 2. The Kier molecular flexibility index (Phi) is 8.72. The molecule has 0 aliphatic carbocycles. The van der Waals surface area contributed by atoms with Gasteiger partial charge in [-0.25, -0.2) is 18.7 Å². The average molecular weight is 518 g/mol. The summed E-state index contributed by atoms with van der Waals surface area (Å²) in [7, 11) is 2.58. The van der Waals surface area contributed by atoms with Crippen molar-refractivity contribution in [1.82, 2.24) is 29.5 Å². The van der Waals surface area contributed by atoms with Gasteiger partial charge in [0.25, 0.3) is 0 Å².